The van der Waals surface area contributed by atoms with Crippen molar-refractivity contribution in [1.29, 1.82) is 0 Å². The van der Waals surface area contributed by atoms with Crippen LogP contribution in [0, 0.1) is 0 Å². The molecule has 0 aliphatic carbocycles. The number of unbranched alkanes of at least 4 members (excludes halogenated alkanes) is 12. The number of allylic oxidation sites excluding steroid dienone is 22. The normalized spacial score (nSPS) is 13.2. The Labute approximate surface area is 392 Å². The van der Waals surface area contributed by atoms with Gasteiger partial charge in [0.2, 0.25) is 0 Å². The van der Waals surface area contributed by atoms with Crippen molar-refractivity contribution < 1.29 is 28.6 Å². The first-order valence-corrected chi connectivity index (χ1v) is 25.2. The lowest BCUT2D eigenvalue weighted by atomic mass is 10.1. The van der Waals surface area contributed by atoms with Gasteiger partial charge in [-0.05, 0) is 109 Å². The highest BCUT2D eigenvalue weighted by molar-refractivity contribution is 5.71. The summed E-state index contributed by atoms with van der Waals surface area (Å²) in [5.41, 5.74) is 0. The Hall–Kier alpha value is -4.45. The summed E-state index contributed by atoms with van der Waals surface area (Å²) in [5.74, 6) is -1.02. The molecular formula is C58H90O6. The minimum absolute atomic E-state index is 0.117. The Morgan fingerprint density at radius 1 is 0.328 bits per heavy atom. The molecule has 1 atom stereocenters. The van der Waals surface area contributed by atoms with Crippen molar-refractivity contribution in [1.82, 2.24) is 0 Å². The third-order valence-corrected chi connectivity index (χ3v) is 9.94. The highest BCUT2D eigenvalue weighted by Crippen LogP contribution is 2.12. The smallest absolute Gasteiger partial charge is 0.306 e. The van der Waals surface area contributed by atoms with Crippen LogP contribution in [-0.4, -0.2) is 37.2 Å². The van der Waals surface area contributed by atoms with Crippen LogP contribution in [0.15, 0.2) is 134 Å². The molecule has 0 saturated heterocycles. The number of hydrogen-bond acceptors (Lipinski definition) is 6. The summed E-state index contributed by atoms with van der Waals surface area (Å²) in [6.07, 6.45) is 71.5. The van der Waals surface area contributed by atoms with Gasteiger partial charge in [0.05, 0.1) is 0 Å². The van der Waals surface area contributed by atoms with E-state index in [-0.39, 0.29) is 37.5 Å². The van der Waals surface area contributed by atoms with E-state index >= 15 is 0 Å². The topological polar surface area (TPSA) is 78.9 Å². The van der Waals surface area contributed by atoms with Crippen molar-refractivity contribution in [3.63, 3.8) is 0 Å². The molecule has 0 N–H and O–H groups in total. The number of hydrogen-bond donors (Lipinski definition) is 0. The van der Waals surface area contributed by atoms with Gasteiger partial charge >= 0.3 is 17.9 Å². The molecule has 6 nitrogen and oxygen atoms in total. The zero-order chi connectivity index (χ0) is 46.5. The van der Waals surface area contributed by atoms with Crippen LogP contribution in [0.25, 0.3) is 0 Å². The van der Waals surface area contributed by atoms with E-state index in [1.54, 1.807) is 0 Å². The van der Waals surface area contributed by atoms with Gasteiger partial charge in [0.1, 0.15) is 13.2 Å². The van der Waals surface area contributed by atoms with Gasteiger partial charge in [-0.3, -0.25) is 14.4 Å². The van der Waals surface area contributed by atoms with Gasteiger partial charge in [-0.1, -0.05) is 199 Å². The van der Waals surface area contributed by atoms with Crippen molar-refractivity contribution in [2.24, 2.45) is 0 Å². The highest BCUT2D eigenvalue weighted by Gasteiger charge is 2.19. The average Bonchev–Trinajstić information content (AvgIpc) is 3.29. The van der Waals surface area contributed by atoms with E-state index in [4.69, 9.17) is 14.2 Å². The van der Waals surface area contributed by atoms with Gasteiger partial charge in [-0.15, -0.1) is 0 Å². The first-order chi connectivity index (χ1) is 31.5. The van der Waals surface area contributed by atoms with Gasteiger partial charge < -0.3 is 14.2 Å². The van der Waals surface area contributed by atoms with E-state index in [0.29, 0.717) is 19.3 Å². The van der Waals surface area contributed by atoms with E-state index in [1.807, 2.05) is 6.08 Å². The predicted molar refractivity (Wildman–Crippen MR) is 274 cm³/mol. The monoisotopic (exact) mass is 883 g/mol. The lowest BCUT2D eigenvalue weighted by Gasteiger charge is -2.18. The summed E-state index contributed by atoms with van der Waals surface area (Å²) >= 11 is 0. The third kappa shape index (κ3) is 48.6. The molecule has 0 fully saturated rings. The Balaban J connectivity index is 4.56. The molecule has 0 aromatic rings. The second-order valence-electron chi connectivity index (χ2n) is 16.0. The summed E-state index contributed by atoms with van der Waals surface area (Å²) < 4.78 is 16.7. The summed E-state index contributed by atoms with van der Waals surface area (Å²) in [4.78, 5) is 38.0. The van der Waals surface area contributed by atoms with Gasteiger partial charge in [-0.2, -0.15) is 0 Å². The summed E-state index contributed by atoms with van der Waals surface area (Å²) in [6, 6.07) is 0. The zero-order valence-corrected chi connectivity index (χ0v) is 40.7. The molecule has 0 heterocycles. The maximum Gasteiger partial charge on any atom is 0.306 e. The number of ether oxygens (including phenoxy) is 3. The minimum Gasteiger partial charge on any atom is -0.462 e. The molecule has 0 saturated carbocycles. The van der Waals surface area contributed by atoms with Crippen LogP contribution in [0.3, 0.4) is 0 Å². The Kier molecular flexibility index (Phi) is 47.6. The fraction of sp³-hybridized carbons (Fsp3) is 0.569. The zero-order valence-electron chi connectivity index (χ0n) is 40.7. The highest BCUT2D eigenvalue weighted by atomic mass is 16.6. The number of carbonyl (C=O) groups excluding carboxylic acids is 3. The van der Waals surface area contributed by atoms with Crippen molar-refractivity contribution >= 4 is 17.9 Å². The molecule has 1 unspecified atom stereocenters. The molecule has 6 heteroatoms. The standard InChI is InChI=1S/C58H90O6/c1-4-7-10-13-16-19-22-25-27-29-31-33-36-39-42-45-48-51-57(60)63-54-55(53-62-56(59)50-47-44-41-38-35-32-24-21-18-15-12-9-6-3)64-58(61)52-49-46-43-40-37-34-30-28-26-23-20-17-14-11-8-5-2/h7-12,15-21,24-28,31,33,39,42,55H,4-6,13-14,22-23,29-30,32,34-38,40-41,43-54H2,1-3H3/b10-7-,11-8-,12-9-,18-15-,19-16-,20-17-,24-21-,27-25-,28-26-,33-31-,42-39-. The first kappa shape index (κ1) is 59.5. The quantitative estimate of drug-likeness (QED) is 0.0200. The van der Waals surface area contributed by atoms with Gasteiger partial charge in [0.25, 0.3) is 0 Å². The van der Waals surface area contributed by atoms with Crippen LogP contribution in [-0.2, 0) is 28.6 Å². The molecule has 0 aromatic heterocycles. The molecule has 0 radical (unpaired) electrons. The summed E-state index contributed by atoms with van der Waals surface area (Å²) in [6.45, 7) is 6.18. The first-order valence-electron chi connectivity index (χ1n) is 25.2. The van der Waals surface area contributed by atoms with Crippen LogP contribution in [0.2, 0.25) is 0 Å². The molecule has 0 bridgehead atoms. The molecular weight excluding hydrogens is 793 g/mol. The molecule has 0 spiro atoms. The number of esters is 3. The largest absolute Gasteiger partial charge is 0.462 e. The molecule has 0 aliphatic heterocycles. The lowest BCUT2D eigenvalue weighted by Crippen LogP contribution is -2.30. The van der Waals surface area contributed by atoms with E-state index in [9.17, 15) is 14.4 Å². The Morgan fingerprint density at radius 2 is 0.656 bits per heavy atom. The van der Waals surface area contributed by atoms with E-state index in [1.165, 1.54) is 12.8 Å². The lowest BCUT2D eigenvalue weighted by molar-refractivity contribution is -0.167. The van der Waals surface area contributed by atoms with Crippen LogP contribution >= 0.6 is 0 Å². The second kappa shape index (κ2) is 51.2. The maximum absolute atomic E-state index is 12.8. The minimum atomic E-state index is -0.821. The van der Waals surface area contributed by atoms with Crippen LogP contribution in [0.5, 0.6) is 0 Å². The van der Waals surface area contributed by atoms with E-state index in [0.717, 1.165) is 135 Å². The van der Waals surface area contributed by atoms with Crippen LogP contribution in [0.4, 0.5) is 0 Å². The molecule has 0 amide bonds. The summed E-state index contributed by atoms with van der Waals surface area (Å²) in [7, 11) is 0. The SMILES string of the molecule is CC\C=C/C=C\C=C/CCCCCCCC(=O)OCC(COC(=O)CCC/C=C\C/C=C\C/C=C\C/C=C\C/C=C\CC)OC(=O)CCCCCCCC/C=C\C/C=C\C/C=C\CC. The predicted octanol–water partition coefficient (Wildman–Crippen LogP) is 16.7. The molecule has 358 valence electrons. The number of rotatable bonds is 43. The second-order valence-corrected chi connectivity index (χ2v) is 16.0. The maximum atomic E-state index is 12.8. The molecule has 0 aromatic carbocycles. The van der Waals surface area contributed by atoms with Gasteiger partial charge in [-0.25, -0.2) is 0 Å². The fourth-order valence-corrected chi connectivity index (χ4v) is 6.25. The molecule has 0 rings (SSSR count). The third-order valence-electron chi connectivity index (χ3n) is 9.94. The average molecular weight is 883 g/mol. The van der Waals surface area contributed by atoms with Crippen molar-refractivity contribution in [3.8, 4) is 0 Å². The Morgan fingerprint density at radius 3 is 1.11 bits per heavy atom. The van der Waals surface area contributed by atoms with Crippen molar-refractivity contribution in [2.45, 2.75) is 200 Å². The molecule has 64 heavy (non-hydrogen) atoms. The van der Waals surface area contributed by atoms with Gasteiger partial charge in [0.15, 0.2) is 6.10 Å². The molecule has 0 aliphatic rings. The van der Waals surface area contributed by atoms with E-state index < -0.39 is 6.10 Å². The van der Waals surface area contributed by atoms with Crippen LogP contribution in [0.1, 0.15) is 194 Å². The van der Waals surface area contributed by atoms with E-state index in [2.05, 4.69) is 148 Å². The van der Waals surface area contributed by atoms with Crippen LogP contribution < -0.4 is 0 Å². The van der Waals surface area contributed by atoms with Crippen molar-refractivity contribution in [2.75, 3.05) is 13.2 Å². The van der Waals surface area contributed by atoms with Gasteiger partial charge in [0, 0.05) is 19.3 Å². The number of carbonyl (C=O) groups is 3. The Bertz CT molecular complexity index is 1430. The fourth-order valence-electron chi connectivity index (χ4n) is 6.25. The van der Waals surface area contributed by atoms with Crippen molar-refractivity contribution in [3.05, 3.63) is 134 Å². The summed E-state index contributed by atoms with van der Waals surface area (Å²) in [5, 5.41) is 0.